The highest BCUT2D eigenvalue weighted by molar-refractivity contribution is 5.76. The van der Waals surface area contributed by atoms with Crippen LogP contribution in [0.1, 0.15) is 31.4 Å². The van der Waals surface area contributed by atoms with Crippen LogP contribution in [0.4, 0.5) is 4.79 Å². The molecule has 1 saturated heterocycles. The van der Waals surface area contributed by atoms with Crippen LogP contribution in [-0.2, 0) is 17.8 Å². The second-order valence-corrected chi connectivity index (χ2v) is 7.81. The minimum atomic E-state index is -0.810. The topological polar surface area (TPSA) is 72.9 Å². The molecule has 1 fully saturated rings. The summed E-state index contributed by atoms with van der Waals surface area (Å²) in [6.45, 7) is 7.54. The van der Waals surface area contributed by atoms with Gasteiger partial charge in [-0.25, -0.2) is 4.79 Å². The number of nitrogens with one attached hydrogen (secondary N) is 1. The number of piperidine rings is 1. The summed E-state index contributed by atoms with van der Waals surface area (Å²) >= 11 is 0. The lowest BCUT2D eigenvalue weighted by Gasteiger charge is -2.36. The van der Waals surface area contributed by atoms with Gasteiger partial charge in [-0.1, -0.05) is 31.2 Å². The van der Waals surface area contributed by atoms with Crippen molar-refractivity contribution < 1.29 is 14.7 Å². The third kappa shape index (κ3) is 4.36. The molecule has 0 aliphatic carbocycles. The van der Waals surface area contributed by atoms with E-state index in [4.69, 9.17) is 0 Å². The molecule has 6 heteroatoms. The Morgan fingerprint density at radius 1 is 1.27 bits per heavy atom. The van der Waals surface area contributed by atoms with Crippen LogP contribution >= 0.6 is 0 Å². The molecule has 1 aromatic rings. The second kappa shape index (κ2) is 8.08. The third-order valence-corrected chi connectivity index (χ3v) is 5.63. The van der Waals surface area contributed by atoms with E-state index in [0.717, 1.165) is 19.5 Å². The number of fused-ring (bicyclic) bond motifs is 1. The summed E-state index contributed by atoms with van der Waals surface area (Å²) < 4.78 is 0. The van der Waals surface area contributed by atoms with Crippen LogP contribution < -0.4 is 5.32 Å². The Morgan fingerprint density at radius 3 is 2.73 bits per heavy atom. The Morgan fingerprint density at radius 2 is 2.00 bits per heavy atom. The zero-order chi connectivity index (χ0) is 18.7. The van der Waals surface area contributed by atoms with Gasteiger partial charge in [-0.2, -0.15) is 0 Å². The smallest absolute Gasteiger partial charge is 0.317 e. The quantitative estimate of drug-likeness (QED) is 0.864. The SMILES string of the molecule is CC1CC(C(=O)O)CN(C(=O)NCC(C)N2CCc3ccccc3C2)C1. The highest BCUT2D eigenvalue weighted by Gasteiger charge is 2.32. The van der Waals surface area contributed by atoms with Crippen molar-refractivity contribution >= 4 is 12.0 Å². The molecule has 2 amide bonds. The first-order valence-corrected chi connectivity index (χ1v) is 9.50. The number of rotatable bonds is 4. The van der Waals surface area contributed by atoms with Crippen molar-refractivity contribution in [1.29, 1.82) is 0 Å². The van der Waals surface area contributed by atoms with E-state index in [0.29, 0.717) is 26.1 Å². The molecule has 3 unspecified atom stereocenters. The fourth-order valence-electron chi connectivity index (χ4n) is 4.07. The third-order valence-electron chi connectivity index (χ3n) is 5.63. The zero-order valence-electron chi connectivity index (χ0n) is 15.6. The molecule has 0 bridgehead atoms. The first-order valence-electron chi connectivity index (χ1n) is 9.50. The first-order chi connectivity index (χ1) is 12.4. The lowest BCUT2D eigenvalue weighted by Crippen LogP contribution is -2.52. The molecule has 2 aliphatic rings. The lowest BCUT2D eigenvalue weighted by atomic mass is 9.91. The van der Waals surface area contributed by atoms with Gasteiger partial charge in [0.05, 0.1) is 5.92 Å². The molecule has 1 aromatic carbocycles. The Labute approximate surface area is 155 Å². The van der Waals surface area contributed by atoms with Gasteiger partial charge in [0.25, 0.3) is 0 Å². The summed E-state index contributed by atoms with van der Waals surface area (Å²) in [6, 6.07) is 8.62. The van der Waals surface area contributed by atoms with Crippen molar-refractivity contribution in [2.45, 2.75) is 39.3 Å². The predicted octanol–water partition coefficient (Wildman–Crippen LogP) is 2.19. The maximum Gasteiger partial charge on any atom is 0.317 e. The summed E-state index contributed by atoms with van der Waals surface area (Å²) in [5, 5.41) is 12.3. The van der Waals surface area contributed by atoms with Crippen LogP contribution in [0.25, 0.3) is 0 Å². The van der Waals surface area contributed by atoms with Gasteiger partial charge in [0.2, 0.25) is 0 Å². The van der Waals surface area contributed by atoms with Crippen LogP contribution in [0.15, 0.2) is 24.3 Å². The number of carboxylic acid groups (broad SMARTS) is 1. The maximum atomic E-state index is 12.5. The van der Waals surface area contributed by atoms with Gasteiger partial charge < -0.3 is 15.3 Å². The van der Waals surface area contributed by atoms with Gasteiger partial charge in [0, 0.05) is 38.8 Å². The molecule has 2 heterocycles. The first kappa shape index (κ1) is 18.7. The molecule has 0 spiro atoms. The lowest BCUT2D eigenvalue weighted by molar-refractivity contribution is -0.143. The van der Waals surface area contributed by atoms with Crippen molar-refractivity contribution in [1.82, 2.24) is 15.1 Å². The Balaban J connectivity index is 1.50. The minimum absolute atomic E-state index is 0.146. The molecule has 142 valence electrons. The van der Waals surface area contributed by atoms with E-state index in [9.17, 15) is 14.7 Å². The summed E-state index contributed by atoms with van der Waals surface area (Å²) in [5.74, 6) is -1.05. The molecule has 0 radical (unpaired) electrons. The average molecular weight is 359 g/mol. The summed E-state index contributed by atoms with van der Waals surface area (Å²) in [7, 11) is 0. The number of carbonyl (C=O) groups is 2. The van der Waals surface area contributed by atoms with Crippen molar-refractivity contribution in [3.05, 3.63) is 35.4 Å². The number of carbonyl (C=O) groups excluding carboxylic acids is 1. The van der Waals surface area contributed by atoms with Gasteiger partial charge in [0.1, 0.15) is 0 Å². The molecular weight excluding hydrogens is 330 g/mol. The Kier molecular flexibility index (Phi) is 5.81. The van der Waals surface area contributed by atoms with Crippen LogP contribution in [0.3, 0.4) is 0 Å². The normalized spacial score (nSPS) is 24.6. The standard InChI is InChI=1S/C20H29N3O3/c1-14-9-18(19(24)25)13-23(11-14)20(26)21-10-15(2)22-8-7-16-5-3-4-6-17(16)12-22/h3-6,14-15,18H,7-13H2,1-2H3,(H,21,26)(H,24,25). The molecule has 2 aliphatic heterocycles. The number of urea groups is 1. The van der Waals surface area contributed by atoms with Crippen molar-refractivity contribution in [3.63, 3.8) is 0 Å². The highest BCUT2D eigenvalue weighted by atomic mass is 16.4. The van der Waals surface area contributed by atoms with E-state index in [1.807, 2.05) is 6.92 Å². The fourth-order valence-corrected chi connectivity index (χ4v) is 4.07. The molecule has 6 nitrogen and oxygen atoms in total. The second-order valence-electron chi connectivity index (χ2n) is 7.81. The number of likely N-dealkylation sites (tertiary alicyclic amines) is 1. The fraction of sp³-hybridized carbons (Fsp3) is 0.600. The van der Waals surface area contributed by atoms with E-state index >= 15 is 0 Å². The maximum absolute atomic E-state index is 12.5. The summed E-state index contributed by atoms with van der Waals surface area (Å²) in [4.78, 5) is 27.8. The number of benzene rings is 1. The molecule has 0 saturated carbocycles. The average Bonchev–Trinajstić information content (AvgIpc) is 2.64. The van der Waals surface area contributed by atoms with Crippen LogP contribution in [-0.4, -0.2) is 59.1 Å². The monoisotopic (exact) mass is 359 g/mol. The highest BCUT2D eigenvalue weighted by Crippen LogP contribution is 2.22. The van der Waals surface area contributed by atoms with Gasteiger partial charge in [-0.05, 0) is 36.8 Å². The molecular formula is C20H29N3O3. The number of hydrogen-bond donors (Lipinski definition) is 2. The number of aliphatic carboxylic acids is 1. The molecule has 3 rings (SSSR count). The summed E-state index contributed by atoms with van der Waals surface area (Å²) in [6.07, 6.45) is 1.68. The van der Waals surface area contributed by atoms with E-state index in [1.54, 1.807) is 4.90 Å². The number of carboxylic acids is 1. The largest absolute Gasteiger partial charge is 0.481 e. The number of nitrogens with zero attached hydrogens (tertiary/aromatic N) is 2. The van der Waals surface area contributed by atoms with E-state index in [-0.39, 0.29) is 18.0 Å². The number of hydrogen-bond acceptors (Lipinski definition) is 3. The van der Waals surface area contributed by atoms with Crippen molar-refractivity contribution in [2.24, 2.45) is 11.8 Å². The molecule has 2 N–H and O–H groups in total. The molecule has 3 atom stereocenters. The van der Waals surface area contributed by atoms with E-state index in [2.05, 4.69) is 41.4 Å². The predicted molar refractivity (Wildman–Crippen MR) is 99.9 cm³/mol. The van der Waals surface area contributed by atoms with Crippen LogP contribution in [0.5, 0.6) is 0 Å². The van der Waals surface area contributed by atoms with E-state index < -0.39 is 11.9 Å². The zero-order valence-corrected chi connectivity index (χ0v) is 15.6. The van der Waals surface area contributed by atoms with Gasteiger partial charge in [-0.3, -0.25) is 9.69 Å². The minimum Gasteiger partial charge on any atom is -0.481 e. The Hall–Kier alpha value is -2.08. The van der Waals surface area contributed by atoms with Crippen LogP contribution in [0, 0.1) is 11.8 Å². The number of amides is 2. The van der Waals surface area contributed by atoms with Gasteiger partial charge in [0.15, 0.2) is 0 Å². The van der Waals surface area contributed by atoms with Crippen LogP contribution in [0.2, 0.25) is 0 Å². The van der Waals surface area contributed by atoms with Crippen molar-refractivity contribution in [3.8, 4) is 0 Å². The van der Waals surface area contributed by atoms with E-state index in [1.165, 1.54) is 11.1 Å². The molecule has 0 aromatic heterocycles. The molecule has 26 heavy (non-hydrogen) atoms. The van der Waals surface area contributed by atoms with Gasteiger partial charge in [-0.15, -0.1) is 0 Å². The van der Waals surface area contributed by atoms with Crippen molar-refractivity contribution in [2.75, 3.05) is 26.2 Å². The Bertz CT molecular complexity index is 663. The summed E-state index contributed by atoms with van der Waals surface area (Å²) in [5.41, 5.74) is 2.79. The van der Waals surface area contributed by atoms with Gasteiger partial charge >= 0.3 is 12.0 Å².